The fourth-order valence-corrected chi connectivity index (χ4v) is 2.29. The van der Waals surface area contributed by atoms with Crippen molar-refractivity contribution in [3.05, 3.63) is 54.5 Å². The molecule has 0 atom stereocenters. The Morgan fingerprint density at radius 3 is 2.36 bits per heavy atom. The van der Waals surface area contributed by atoms with Crippen LogP contribution in [0.2, 0.25) is 0 Å². The highest BCUT2D eigenvalue weighted by Gasteiger charge is 2.10. The number of aliphatic imine (C=N–C) groups is 1. The van der Waals surface area contributed by atoms with E-state index in [9.17, 15) is 0 Å². The van der Waals surface area contributed by atoms with Crippen molar-refractivity contribution in [2.45, 2.75) is 33.2 Å². The molecular weight excluding hydrogens is 274 g/mol. The van der Waals surface area contributed by atoms with Gasteiger partial charge in [0.25, 0.3) is 0 Å². The number of hydrogen-bond acceptors (Lipinski definition) is 2. The summed E-state index contributed by atoms with van der Waals surface area (Å²) in [5, 5.41) is 3.45. The molecule has 1 aromatic heterocycles. The smallest absolute Gasteiger partial charge is 0.198 e. The van der Waals surface area contributed by atoms with E-state index in [0.717, 1.165) is 43.3 Å². The Labute approximate surface area is 132 Å². The first-order chi connectivity index (χ1) is 10.8. The molecule has 0 aliphatic heterocycles. The van der Waals surface area contributed by atoms with Crippen LogP contribution >= 0.6 is 0 Å². The van der Waals surface area contributed by atoms with Gasteiger partial charge in [-0.05, 0) is 37.1 Å². The van der Waals surface area contributed by atoms with Gasteiger partial charge < -0.3 is 14.6 Å². The van der Waals surface area contributed by atoms with Gasteiger partial charge in [0.05, 0.1) is 6.26 Å². The lowest BCUT2D eigenvalue weighted by atomic mass is 10.3. The van der Waals surface area contributed by atoms with E-state index < -0.39 is 0 Å². The summed E-state index contributed by atoms with van der Waals surface area (Å²) in [5.74, 6) is 1.78. The predicted molar refractivity (Wildman–Crippen MR) is 92.1 cm³/mol. The molecule has 0 fully saturated rings. The Morgan fingerprint density at radius 2 is 1.77 bits per heavy atom. The van der Waals surface area contributed by atoms with E-state index in [1.165, 1.54) is 0 Å². The Balaban J connectivity index is 2.16. The average molecular weight is 299 g/mol. The third-order valence-electron chi connectivity index (χ3n) is 3.28. The topological polar surface area (TPSA) is 40.8 Å². The Bertz CT molecular complexity index is 543. The Morgan fingerprint density at radius 1 is 1.05 bits per heavy atom. The van der Waals surface area contributed by atoms with Crippen LogP contribution in [0.25, 0.3) is 0 Å². The third kappa shape index (κ3) is 4.95. The molecule has 118 valence electrons. The second-order valence-corrected chi connectivity index (χ2v) is 5.20. The molecular formula is C18H25N3O. The lowest BCUT2D eigenvalue weighted by Crippen LogP contribution is -2.37. The molecule has 0 amide bonds. The summed E-state index contributed by atoms with van der Waals surface area (Å²) < 4.78 is 5.38. The highest BCUT2D eigenvalue weighted by Crippen LogP contribution is 2.09. The fraction of sp³-hybridized carbons (Fsp3) is 0.389. The zero-order valence-electron chi connectivity index (χ0n) is 13.5. The van der Waals surface area contributed by atoms with E-state index in [4.69, 9.17) is 9.41 Å². The Kier molecular flexibility index (Phi) is 6.55. The van der Waals surface area contributed by atoms with Crippen LogP contribution in [0, 0.1) is 0 Å². The highest BCUT2D eigenvalue weighted by molar-refractivity contribution is 5.93. The standard InChI is InChI=1S/C18H25N3O/c1-3-12-21(13-4-2)18(19-15-17-11-8-14-22-17)20-16-9-6-5-7-10-16/h5-11,14H,3-4,12-13,15H2,1-2H3,(H,19,20). The van der Waals surface area contributed by atoms with Crippen LogP contribution < -0.4 is 5.32 Å². The summed E-state index contributed by atoms with van der Waals surface area (Å²) in [6, 6.07) is 14.0. The van der Waals surface area contributed by atoms with Crippen molar-refractivity contribution in [1.29, 1.82) is 0 Å². The molecule has 2 aromatic rings. The van der Waals surface area contributed by atoms with Gasteiger partial charge in [-0.15, -0.1) is 0 Å². The van der Waals surface area contributed by atoms with Crippen molar-refractivity contribution in [3.63, 3.8) is 0 Å². The van der Waals surface area contributed by atoms with Gasteiger partial charge in [0.15, 0.2) is 5.96 Å². The number of anilines is 1. The number of guanidine groups is 1. The second-order valence-electron chi connectivity index (χ2n) is 5.20. The van der Waals surface area contributed by atoms with Crippen molar-refractivity contribution < 1.29 is 4.42 Å². The van der Waals surface area contributed by atoms with Gasteiger partial charge in [0.2, 0.25) is 0 Å². The largest absolute Gasteiger partial charge is 0.467 e. The molecule has 4 nitrogen and oxygen atoms in total. The first kappa shape index (κ1) is 16.1. The van der Waals surface area contributed by atoms with Crippen LogP contribution in [0.4, 0.5) is 5.69 Å². The number of benzene rings is 1. The number of nitrogens with zero attached hydrogens (tertiary/aromatic N) is 2. The molecule has 22 heavy (non-hydrogen) atoms. The molecule has 1 heterocycles. The van der Waals surface area contributed by atoms with Gasteiger partial charge in [-0.3, -0.25) is 0 Å². The van der Waals surface area contributed by atoms with Crippen molar-refractivity contribution in [1.82, 2.24) is 4.90 Å². The summed E-state index contributed by atoms with van der Waals surface area (Å²) >= 11 is 0. The molecule has 1 aromatic carbocycles. The second kappa shape index (κ2) is 8.93. The van der Waals surface area contributed by atoms with Gasteiger partial charge >= 0.3 is 0 Å². The molecule has 0 saturated carbocycles. The van der Waals surface area contributed by atoms with Crippen molar-refractivity contribution >= 4 is 11.6 Å². The molecule has 0 saturated heterocycles. The predicted octanol–water partition coefficient (Wildman–Crippen LogP) is 4.37. The number of furan rings is 1. The number of rotatable bonds is 7. The number of para-hydroxylation sites is 1. The first-order valence-electron chi connectivity index (χ1n) is 7.97. The molecule has 4 heteroatoms. The van der Waals surface area contributed by atoms with Crippen LogP contribution in [-0.4, -0.2) is 23.9 Å². The van der Waals surface area contributed by atoms with E-state index in [2.05, 4.69) is 36.2 Å². The molecule has 0 spiro atoms. The van der Waals surface area contributed by atoms with E-state index >= 15 is 0 Å². The van der Waals surface area contributed by atoms with E-state index in [1.807, 2.05) is 30.3 Å². The van der Waals surface area contributed by atoms with E-state index in [1.54, 1.807) is 6.26 Å². The molecule has 0 aliphatic carbocycles. The minimum absolute atomic E-state index is 0.548. The summed E-state index contributed by atoms with van der Waals surface area (Å²) in [6.45, 7) is 6.91. The van der Waals surface area contributed by atoms with Crippen LogP contribution in [0.3, 0.4) is 0 Å². The number of nitrogens with one attached hydrogen (secondary N) is 1. The maximum atomic E-state index is 5.38. The molecule has 2 rings (SSSR count). The third-order valence-corrected chi connectivity index (χ3v) is 3.28. The molecule has 1 N–H and O–H groups in total. The molecule has 0 unspecified atom stereocenters. The van der Waals surface area contributed by atoms with Gasteiger partial charge in [-0.1, -0.05) is 32.0 Å². The average Bonchev–Trinajstić information content (AvgIpc) is 3.06. The lowest BCUT2D eigenvalue weighted by molar-refractivity contribution is 0.412. The number of hydrogen-bond donors (Lipinski definition) is 1. The Hall–Kier alpha value is -2.23. The summed E-state index contributed by atoms with van der Waals surface area (Å²) in [4.78, 5) is 7.04. The zero-order chi connectivity index (χ0) is 15.6. The monoisotopic (exact) mass is 299 g/mol. The minimum atomic E-state index is 0.548. The van der Waals surface area contributed by atoms with E-state index in [-0.39, 0.29) is 0 Å². The minimum Gasteiger partial charge on any atom is -0.467 e. The first-order valence-corrected chi connectivity index (χ1v) is 7.97. The van der Waals surface area contributed by atoms with Crippen molar-refractivity contribution in [2.24, 2.45) is 4.99 Å². The van der Waals surface area contributed by atoms with Gasteiger partial charge in [0.1, 0.15) is 12.3 Å². The van der Waals surface area contributed by atoms with Gasteiger partial charge in [-0.25, -0.2) is 4.99 Å². The normalized spacial score (nSPS) is 11.5. The summed E-state index contributed by atoms with van der Waals surface area (Å²) in [6.07, 6.45) is 3.87. The van der Waals surface area contributed by atoms with Gasteiger partial charge in [-0.2, -0.15) is 0 Å². The lowest BCUT2D eigenvalue weighted by Gasteiger charge is -2.26. The van der Waals surface area contributed by atoms with Crippen LogP contribution in [-0.2, 0) is 6.54 Å². The quantitative estimate of drug-likeness (QED) is 0.609. The van der Waals surface area contributed by atoms with Crippen LogP contribution in [0.5, 0.6) is 0 Å². The van der Waals surface area contributed by atoms with Gasteiger partial charge in [0, 0.05) is 18.8 Å². The van der Waals surface area contributed by atoms with Crippen LogP contribution in [0.1, 0.15) is 32.4 Å². The SMILES string of the molecule is CCCN(CCC)C(=NCc1ccco1)Nc1ccccc1. The van der Waals surface area contributed by atoms with E-state index in [0.29, 0.717) is 6.54 Å². The summed E-state index contributed by atoms with van der Waals surface area (Å²) in [5.41, 5.74) is 1.05. The molecule has 0 aliphatic rings. The zero-order valence-corrected chi connectivity index (χ0v) is 13.5. The maximum Gasteiger partial charge on any atom is 0.198 e. The molecule has 0 bridgehead atoms. The fourth-order valence-electron chi connectivity index (χ4n) is 2.29. The highest BCUT2D eigenvalue weighted by atomic mass is 16.3. The summed E-state index contributed by atoms with van der Waals surface area (Å²) in [7, 11) is 0. The van der Waals surface area contributed by atoms with Crippen LogP contribution in [0.15, 0.2) is 58.1 Å². The maximum absolute atomic E-state index is 5.38. The van der Waals surface area contributed by atoms with Crippen molar-refractivity contribution in [2.75, 3.05) is 18.4 Å². The van der Waals surface area contributed by atoms with Crippen molar-refractivity contribution in [3.8, 4) is 0 Å². The molecule has 0 radical (unpaired) electrons.